The maximum Gasteiger partial charge on any atom is 0.256 e. The summed E-state index contributed by atoms with van der Waals surface area (Å²) in [6, 6.07) is 10.9. The van der Waals surface area contributed by atoms with E-state index in [1.54, 1.807) is 24.3 Å². The van der Waals surface area contributed by atoms with Gasteiger partial charge in [-0.25, -0.2) is 4.39 Å². The van der Waals surface area contributed by atoms with Crippen LogP contribution in [-0.4, -0.2) is 18.2 Å². The number of benzene rings is 2. The highest BCUT2D eigenvalue weighted by Crippen LogP contribution is 2.18. The summed E-state index contributed by atoms with van der Waals surface area (Å²) in [5.41, 5.74) is 1.13. The van der Waals surface area contributed by atoms with Crippen molar-refractivity contribution in [1.29, 1.82) is 0 Å². The predicted molar refractivity (Wildman–Crippen MR) is 87.1 cm³/mol. The summed E-state index contributed by atoms with van der Waals surface area (Å²) in [6.07, 6.45) is 0. The largest absolute Gasteiger partial charge is 0.341 e. The highest BCUT2D eigenvalue weighted by molar-refractivity contribution is 6.33. The van der Waals surface area contributed by atoms with E-state index in [4.69, 9.17) is 11.6 Å². The molecular weight excluding hydrogens is 317 g/mol. The lowest BCUT2D eigenvalue weighted by molar-refractivity contribution is 0.0953. The molecule has 0 heterocycles. The fraction of sp³-hybridized carbons (Fsp3) is 0.111. The van der Waals surface area contributed by atoms with Gasteiger partial charge in [-0.1, -0.05) is 41.6 Å². The molecule has 23 heavy (non-hydrogen) atoms. The summed E-state index contributed by atoms with van der Waals surface area (Å²) in [5.74, 6) is 4.29. The summed E-state index contributed by atoms with van der Waals surface area (Å²) >= 11 is 5.81. The van der Waals surface area contributed by atoms with Gasteiger partial charge >= 0.3 is 0 Å². The molecule has 116 valence electrons. The second kappa shape index (κ2) is 7.57. The zero-order valence-corrected chi connectivity index (χ0v) is 13.1. The summed E-state index contributed by atoms with van der Waals surface area (Å²) in [6.45, 7) is 1.54. The molecule has 1 N–H and O–H groups in total. The van der Waals surface area contributed by atoms with E-state index in [0.29, 0.717) is 11.1 Å². The van der Waals surface area contributed by atoms with Crippen LogP contribution < -0.4 is 5.32 Å². The van der Waals surface area contributed by atoms with E-state index in [0.717, 1.165) is 0 Å². The molecule has 0 atom stereocenters. The fourth-order valence-corrected chi connectivity index (χ4v) is 2.11. The normalized spacial score (nSPS) is 9.70. The molecule has 0 aliphatic carbocycles. The Kier molecular flexibility index (Phi) is 5.51. The van der Waals surface area contributed by atoms with Crippen LogP contribution in [0.3, 0.4) is 0 Å². The van der Waals surface area contributed by atoms with Gasteiger partial charge in [-0.15, -0.1) is 0 Å². The van der Waals surface area contributed by atoms with Crippen molar-refractivity contribution in [3.8, 4) is 11.8 Å². The third-order valence-corrected chi connectivity index (χ3v) is 3.37. The Hall–Kier alpha value is -2.64. The van der Waals surface area contributed by atoms with Crippen LogP contribution in [0.5, 0.6) is 0 Å². The van der Waals surface area contributed by atoms with Crippen LogP contribution in [0.2, 0.25) is 5.02 Å². The van der Waals surface area contributed by atoms with Crippen molar-refractivity contribution in [3.05, 3.63) is 70.0 Å². The Morgan fingerprint density at radius 2 is 1.87 bits per heavy atom. The van der Waals surface area contributed by atoms with Crippen molar-refractivity contribution in [2.75, 3.05) is 6.54 Å². The second-order valence-electron chi connectivity index (χ2n) is 4.71. The number of hydrogen-bond acceptors (Lipinski definition) is 2. The van der Waals surface area contributed by atoms with E-state index in [9.17, 15) is 14.0 Å². The minimum Gasteiger partial charge on any atom is -0.341 e. The zero-order chi connectivity index (χ0) is 16.8. The number of Topliss-reactive ketones (excluding diaryl/α,β-unsaturated/α-hetero) is 1. The number of hydrogen-bond donors (Lipinski definition) is 1. The van der Waals surface area contributed by atoms with Gasteiger partial charge in [0, 0.05) is 11.1 Å². The predicted octanol–water partition coefficient (Wildman–Crippen LogP) is 3.46. The van der Waals surface area contributed by atoms with Crippen molar-refractivity contribution in [3.63, 3.8) is 0 Å². The lowest BCUT2D eigenvalue weighted by Crippen LogP contribution is -2.25. The first kappa shape index (κ1) is 16.7. The van der Waals surface area contributed by atoms with Gasteiger partial charge in [0.25, 0.3) is 5.91 Å². The Labute approximate surface area is 138 Å². The van der Waals surface area contributed by atoms with Crippen LogP contribution in [0, 0.1) is 17.7 Å². The second-order valence-corrected chi connectivity index (χ2v) is 5.12. The standard InChI is InChI=1S/C18H13ClFNO2/c1-12(22)14-9-7-13(8-10-14)4-3-11-21-18(23)17-15(19)5-2-6-16(17)20/h2,5-10H,11H2,1H3,(H,21,23). The molecule has 2 aromatic rings. The van der Waals surface area contributed by atoms with Gasteiger partial charge in [0.1, 0.15) is 5.82 Å². The maximum absolute atomic E-state index is 13.6. The zero-order valence-electron chi connectivity index (χ0n) is 12.3. The molecular formula is C18H13ClFNO2. The van der Waals surface area contributed by atoms with Crippen molar-refractivity contribution in [2.45, 2.75) is 6.92 Å². The van der Waals surface area contributed by atoms with Crippen LogP contribution in [0.1, 0.15) is 33.2 Å². The highest BCUT2D eigenvalue weighted by atomic mass is 35.5. The van der Waals surface area contributed by atoms with E-state index >= 15 is 0 Å². The van der Waals surface area contributed by atoms with Crippen LogP contribution in [-0.2, 0) is 0 Å². The van der Waals surface area contributed by atoms with Crippen LogP contribution in [0.4, 0.5) is 4.39 Å². The Morgan fingerprint density at radius 3 is 2.48 bits per heavy atom. The van der Waals surface area contributed by atoms with Crippen LogP contribution in [0.25, 0.3) is 0 Å². The van der Waals surface area contributed by atoms with E-state index < -0.39 is 11.7 Å². The van der Waals surface area contributed by atoms with Crippen LogP contribution in [0.15, 0.2) is 42.5 Å². The number of carbonyl (C=O) groups is 2. The van der Waals surface area contributed by atoms with Crippen LogP contribution >= 0.6 is 11.6 Å². The first-order valence-corrected chi connectivity index (χ1v) is 7.19. The molecule has 0 aromatic heterocycles. The number of rotatable bonds is 3. The first-order valence-electron chi connectivity index (χ1n) is 6.81. The highest BCUT2D eigenvalue weighted by Gasteiger charge is 2.14. The molecule has 0 unspecified atom stereocenters. The van der Waals surface area contributed by atoms with Gasteiger partial charge in [-0.05, 0) is 31.2 Å². The number of carbonyl (C=O) groups excluding carboxylic acids is 2. The summed E-state index contributed by atoms with van der Waals surface area (Å²) in [7, 11) is 0. The Morgan fingerprint density at radius 1 is 1.17 bits per heavy atom. The first-order chi connectivity index (χ1) is 11.0. The molecule has 0 fully saturated rings. The topological polar surface area (TPSA) is 46.2 Å². The fourth-order valence-electron chi connectivity index (χ4n) is 1.86. The van der Waals surface area contributed by atoms with Gasteiger partial charge < -0.3 is 5.32 Å². The summed E-state index contributed by atoms with van der Waals surface area (Å²) in [4.78, 5) is 23.0. The molecule has 0 radical (unpaired) electrons. The Bertz CT molecular complexity index is 784. The average Bonchev–Trinajstić information content (AvgIpc) is 2.52. The van der Waals surface area contributed by atoms with Gasteiger partial charge in [-0.3, -0.25) is 9.59 Å². The SMILES string of the molecule is CC(=O)c1ccc(C#CCNC(=O)c2c(F)cccc2Cl)cc1. The van der Waals surface area contributed by atoms with E-state index in [2.05, 4.69) is 17.2 Å². The van der Waals surface area contributed by atoms with Gasteiger partial charge in [0.05, 0.1) is 17.1 Å². The van der Waals surface area contributed by atoms with E-state index in [-0.39, 0.29) is 22.9 Å². The molecule has 3 nitrogen and oxygen atoms in total. The lowest BCUT2D eigenvalue weighted by Gasteiger charge is -2.04. The smallest absolute Gasteiger partial charge is 0.256 e. The molecule has 2 rings (SSSR count). The molecule has 2 aromatic carbocycles. The van der Waals surface area contributed by atoms with Gasteiger partial charge in [-0.2, -0.15) is 0 Å². The minimum absolute atomic E-state index is 0.0152. The summed E-state index contributed by atoms with van der Waals surface area (Å²) < 4.78 is 13.6. The van der Waals surface area contributed by atoms with Gasteiger partial charge in [0.2, 0.25) is 0 Å². The third-order valence-electron chi connectivity index (χ3n) is 3.05. The van der Waals surface area contributed by atoms with E-state index in [1.165, 1.54) is 25.1 Å². The number of nitrogens with one attached hydrogen (secondary N) is 1. The lowest BCUT2D eigenvalue weighted by atomic mass is 10.1. The van der Waals surface area contributed by atoms with Crippen molar-refractivity contribution < 1.29 is 14.0 Å². The molecule has 0 aliphatic heterocycles. The molecule has 0 spiro atoms. The minimum atomic E-state index is -0.678. The molecule has 0 saturated carbocycles. The Balaban J connectivity index is 1.98. The molecule has 5 heteroatoms. The monoisotopic (exact) mass is 329 g/mol. The number of halogens is 2. The summed E-state index contributed by atoms with van der Waals surface area (Å²) in [5, 5.41) is 2.54. The third kappa shape index (κ3) is 4.41. The molecule has 0 bridgehead atoms. The maximum atomic E-state index is 13.6. The number of ketones is 1. The van der Waals surface area contributed by atoms with Crippen molar-refractivity contribution in [1.82, 2.24) is 5.32 Å². The van der Waals surface area contributed by atoms with Crippen molar-refractivity contribution in [2.24, 2.45) is 0 Å². The number of amides is 1. The van der Waals surface area contributed by atoms with Gasteiger partial charge in [0.15, 0.2) is 5.78 Å². The van der Waals surface area contributed by atoms with Crippen molar-refractivity contribution >= 4 is 23.3 Å². The molecule has 1 amide bonds. The molecule has 0 saturated heterocycles. The van der Waals surface area contributed by atoms with E-state index in [1.807, 2.05) is 0 Å². The quantitative estimate of drug-likeness (QED) is 0.692. The average molecular weight is 330 g/mol. The molecule has 0 aliphatic rings.